The third-order valence-electron chi connectivity index (χ3n) is 6.79. The number of nitrogens with zero attached hydrogens (tertiary/aromatic N) is 4. The van der Waals surface area contributed by atoms with Crippen LogP contribution in [0.15, 0.2) is 30.3 Å². The molecule has 9 nitrogen and oxygen atoms in total. The molecule has 0 aliphatic carbocycles. The van der Waals surface area contributed by atoms with Crippen molar-refractivity contribution in [3.63, 3.8) is 0 Å². The highest BCUT2D eigenvalue weighted by atomic mass is 19.1. The molecule has 4 rings (SSSR count). The van der Waals surface area contributed by atoms with Crippen LogP contribution in [-0.4, -0.2) is 63.8 Å². The summed E-state index contributed by atoms with van der Waals surface area (Å²) in [5, 5.41) is 9.97. The molecular weight excluding hydrogens is 475 g/mol. The highest BCUT2D eigenvalue weighted by Crippen LogP contribution is 2.26. The van der Waals surface area contributed by atoms with Crippen LogP contribution in [0.2, 0.25) is 0 Å². The molecule has 2 aromatic heterocycles. The van der Waals surface area contributed by atoms with E-state index in [9.17, 15) is 9.59 Å². The Morgan fingerprint density at radius 1 is 1.27 bits per heavy atom. The van der Waals surface area contributed by atoms with Crippen molar-refractivity contribution in [2.24, 2.45) is 0 Å². The molecule has 37 heavy (non-hydrogen) atoms. The fraction of sp³-hybridized carbons (Fsp3) is 0.481. The van der Waals surface area contributed by atoms with E-state index in [0.29, 0.717) is 42.3 Å². The van der Waals surface area contributed by atoms with Crippen molar-refractivity contribution in [1.82, 2.24) is 24.8 Å². The molecule has 1 saturated heterocycles. The van der Waals surface area contributed by atoms with E-state index in [2.05, 4.69) is 27.6 Å². The van der Waals surface area contributed by atoms with E-state index in [4.69, 9.17) is 4.74 Å². The first kappa shape index (κ1) is 26.5. The Balaban J connectivity index is 1.53. The number of fused-ring (bicyclic) bond motifs is 1. The molecule has 198 valence electrons. The molecule has 2 N–H and O–H groups in total. The number of nitrogens with one attached hydrogen (secondary N) is 2. The second-order valence-electron chi connectivity index (χ2n) is 9.50. The molecule has 3 aromatic rings. The summed E-state index contributed by atoms with van der Waals surface area (Å²) in [6.07, 6.45) is 4.45. The van der Waals surface area contributed by atoms with Crippen LogP contribution in [0.25, 0.3) is 16.9 Å². The van der Waals surface area contributed by atoms with E-state index in [-0.39, 0.29) is 23.6 Å². The first-order valence-corrected chi connectivity index (χ1v) is 12.9. The van der Waals surface area contributed by atoms with E-state index in [1.807, 2.05) is 13.8 Å². The molecule has 2 atom stereocenters. The Morgan fingerprint density at radius 3 is 2.76 bits per heavy atom. The number of amides is 3. The van der Waals surface area contributed by atoms with Gasteiger partial charge < -0.3 is 20.3 Å². The van der Waals surface area contributed by atoms with E-state index >= 15 is 4.39 Å². The van der Waals surface area contributed by atoms with Gasteiger partial charge in [-0.25, -0.2) is 18.7 Å². The van der Waals surface area contributed by atoms with Crippen LogP contribution in [-0.2, 0) is 11.2 Å². The summed E-state index contributed by atoms with van der Waals surface area (Å²) in [7, 11) is 1.79. The molecular formula is C27H35FN6O3. The number of carbonyl (C=O) groups is 2. The molecule has 10 heteroatoms. The lowest BCUT2D eigenvalue weighted by Crippen LogP contribution is -2.35. The molecule has 0 bridgehead atoms. The van der Waals surface area contributed by atoms with Gasteiger partial charge in [-0.05, 0) is 56.9 Å². The van der Waals surface area contributed by atoms with Crippen molar-refractivity contribution in [1.29, 1.82) is 0 Å². The highest BCUT2D eigenvalue weighted by Gasteiger charge is 2.21. The van der Waals surface area contributed by atoms with Crippen molar-refractivity contribution >= 4 is 23.3 Å². The Hall–Kier alpha value is -3.53. The third kappa shape index (κ3) is 6.07. The van der Waals surface area contributed by atoms with Crippen LogP contribution in [0, 0.1) is 5.82 Å². The van der Waals surface area contributed by atoms with E-state index in [0.717, 1.165) is 31.4 Å². The molecule has 0 radical (unpaired) electrons. The largest absolute Gasteiger partial charge is 0.376 e. The smallest absolute Gasteiger partial charge is 0.319 e. The molecule has 1 aliphatic rings. The Kier molecular flexibility index (Phi) is 8.38. The monoisotopic (exact) mass is 510 g/mol. The predicted octanol–water partition coefficient (Wildman–Crippen LogP) is 4.66. The number of halogens is 1. The Labute approximate surface area is 216 Å². The normalized spacial score (nSPS) is 16.1. The number of ether oxygens (including phenoxy) is 1. The first-order chi connectivity index (χ1) is 17.8. The second-order valence-corrected chi connectivity index (χ2v) is 9.50. The molecule has 3 heterocycles. The van der Waals surface area contributed by atoms with E-state index < -0.39 is 11.8 Å². The Bertz CT molecular complexity index is 1270. The standard InChI is InChI=1S/C27H35FN6O3/c1-5-8-17(3)33(4)26(35)24-14-19(6-2)34-25(31-24)15-23(32-34)21-11-10-18(13-22(21)28)30-27(36)29-16-20-9-7-12-37-20/h10-11,13-15,17,20H,5-9,12,16H2,1-4H3,(H2,29,30,36). The maximum atomic E-state index is 15.1. The fourth-order valence-electron chi connectivity index (χ4n) is 4.51. The summed E-state index contributed by atoms with van der Waals surface area (Å²) in [6, 6.07) is 7.57. The fourth-order valence-corrected chi connectivity index (χ4v) is 4.51. The minimum Gasteiger partial charge on any atom is -0.376 e. The number of aryl methyl sites for hydroxylation is 1. The lowest BCUT2D eigenvalue weighted by Gasteiger charge is -2.24. The quantitative estimate of drug-likeness (QED) is 0.436. The van der Waals surface area contributed by atoms with E-state index in [1.54, 1.807) is 40.7 Å². The number of carbonyl (C=O) groups excluding carboxylic acids is 2. The van der Waals surface area contributed by atoms with E-state index in [1.165, 1.54) is 6.07 Å². The first-order valence-electron chi connectivity index (χ1n) is 12.9. The number of rotatable bonds is 9. The SMILES string of the molecule is CCCC(C)N(C)C(=O)c1cc(CC)n2nc(-c3ccc(NC(=O)NCC4CCCO4)cc3F)cc2n1. The van der Waals surface area contributed by atoms with Gasteiger partial charge in [-0.2, -0.15) is 5.10 Å². The molecule has 1 aliphatic heterocycles. The summed E-state index contributed by atoms with van der Waals surface area (Å²) >= 11 is 0. The molecule has 0 saturated carbocycles. The maximum Gasteiger partial charge on any atom is 0.319 e. The zero-order valence-corrected chi connectivity index (χ0v) is 21.9. The van der Waals surface area contributed by atoms with Crippen LogP contribution in [0.3, 0.4) is 0 Å². The van der Waals surface area contributed by atoms with Crippen LogP contribution >= 0.6 is 0 Å². The van der Waals surface area contributed by atoms with Gasteiger partial charge in [-0.3, -0.25) is 4.79 Å². The van der Waals surface area contributed by atoms with Gasteiger partial charge in [0.1, 0.15) is 11.5 Å². The average molecular weight is 511 g/mol. The number of benzene rings is 1. The minimum atomic E-state index is -0.525. The lowest BCUT2D eigenvalue weighted by molar-refractivity contribution is 0.0730. The van der Waals surface area contributed by atoms with Crippen molar-refractivity contribution in [2.45, 2.75) is 65.0 Å². The molecule has 0 spiro atoms. The van der Waals surface area contributed by atoms with Gasteiger partial charge in [0.25, 0.3) is 5.91 Å². The zero-order valence-electron chi connectivity index (χ0n) is 21.9. The van der Waals surface area contributed by atoms with Gasteiger partial charge in [0, 0.05) is 49.3 Å². The van der Waals surface area contributed by atoms with Crippen LogP contribution in [0.4, 0.5) is 14.9 Å². The van der Waals surface area contributed by atoms with Crippen molar-refractivity contribution < 1.29 is 18.7 Å². The average Bonchev–Trinajstić information content (AvgIpc) is 3.56. The van der Waals surface area contributed by atoms with Gasteiger partial charge in [-0.1, -0.05) is 20.3 Å². The van der Waals surface area contributed by atoms with Gasteiger partial charge in [0.05, 0.1) is 11.8 Å². The van der Waals surface area contributed by atoms with Gasteiger partial charge in [-0.15, -0.1) is 0 Å². The molecule has 1 fully saturated rings. The summed E-state index contributed by atoms with van der Waals surface area (Å²) in [5.41, 5.74) is 2.63. The highest BCUT2D eigenvalue weighted by molar-refractivity contribution is 5.93. The number of urea groups is 1. The molecule has 3 amide bonds. The van der Waals surface area contributed by atoms with Crippen LogP contribution < -0.4 is 10.6 Å². The number of hydrogen-bond acceptors (Lipinski definition) is 5. The second kappa shape index (κ2) is 11.7. The van der Waals surface area contributed by atoms with Gasteiger partial charge in [0.2, 0.25) is 0 Å². The van der Waals surface area contributed by atoms with Crippen LogP contribution in [0.5, 0.6) is 0 Å². The number of aromatic nitrogens is 3. The van der Waals surface area contributed by atoms with Crippen LogP contribution in [0.1, 0.15) is 62.6 Å². The minimum absolute atomic E-state index is 0.0254. The maximum absolute atomic E-state index is 15.1. The van der Waals surface area contributed by atoms with Gasteiger partial charge in [0.15, 0.2) is 5.65 Å². The summed E-state index contributed by atoms with van der Waals surface area (Å²) in [5.74, 6) is -0.678. The number of anilines is 1. The summed E-state index contributed by atoms with van der Waals surface area (Å²) in [4.78, 5) is 31.5. The van der Waals surface area contributed by atoms with Gasteiger partial charge >= 0.3 is 6.03 Å². The van der Waals surface area contributed by atoms with Crippen molar-refractivity contribution in [3.8, 4) is 11.3 Å². The third-order valence-corrected chi connectivity index (χ3v) is 6.79. The van der Waals surface area contributed by atoms with Crippen molar-refractivity contribution in [2.75, 3.05) is 25.5 Å². The zero-order chi connectivity index (χ0) is 26.5. The van der Waals surface area contributed by atoms with Crippen molar-refractivity contribution in [3.05, 3.63) is 47.5 Å². The summed E-state index contributed by atoms with van der Waals surface area (Å²) < 4.78 is 22.2. The predicted molar refractivity (Wildman–Crippen MR) is 140 cm³/mol. The lowest BCUT2D eigenvalue weighted by atomic mass is 10.1. The molecule has 1 aromatic carbocycles. The Morgan fingerprint density at radius 2 is 2.08 bits per heavy atom. The topological polar surface area (TPSA) is 101 Å². The molecule has 2 unspecified atom stereocenters. The summed E-state index contributed by atoms with van der Waals surface area (Å²) in [6.45, 7) is 7.21. The number of hydrogen-bond donors (Lipinski definition) is 2.